The van der Waals surface area contributed by atoms with Crippen molar-refractivity contribution in [2.75, 3.05) is 0 Å². The molecule has 2 rings (SSSR count). The summed E-state index contributed by atoms with van der Waals surface area (Å²) in [5, 5.41) is 0. The third-order valence-electron chi connectivity index (χ3n) is 2.72. The number of rotatable bonds is 6. The van der Waals surface area contributed by atoms with Crippen LogP contribution in [0.1, 0.15) is 35.5 Å². The van der Waals surface area contributed by atoms with Gasteiger partial charge in [0.15, 0.2) is 5.76 Å². The summed E-state index contributed by atoms with van der Waals surface area (Å²) < 4.78 is 7.32. The number of nitrogens with two attached hydrogens (primary N) is 1. The number of aromatic nitrogens is 2. The van der Waals surface area contributed by atoms with Crippen molar-refractivity contribution in [1.29, 1.82) is 0 Å². The number of Topliss-reactive ketones (excluding diaryl/α,β-unsaturated/α-hetero) is 1. The Labute approximate surface area is 106 Å². The van der Waals surface area contributed by atoms with Crippen molar-refractivity contribution in [2.24, 2.45) is 5.73 Å². The summed E-state index contributed by atoms with van der Waals surface area (Å²) in [5.74, 6) is 1.67. The molecule has 0 atom stereocenters. The summed E-state index contributed by atoms with van der Waals surface area (Å²) in [5.41, 5.74) is 5.44. The molecule has 2 N–H and O–H groups in total. The van der Waals surface area contributed by atoms with Crippen molar-refractivity contribution in [1.82, 2.24) is 9.55 Å². The molecule has 0 fully saturated rings. The Morgan fingerprint density at radius 2 is 2.33 bits per heavy atom. The fourth-order valence-corrected chi connectivity index (χ4v) is 1.82. The van der Waals surface area contributed by atoms with E-state index in [1.165, 1.54) is 0 Å². The number of carbonyl (C=O) groups is 1. The van der Waals surface area contributed by atoms with Gasteiger partial charge in [0.2, 0.25) is 5.78 Å². The molecule has 2 heterocycles. The second-order valence-corrected chi connectivity index (χ2v) is 4.11. The first kappa shape index (κ1) is 12.6. The number of ketones is 1. The normalized spacial score (nSPS) is 10.8. The Hall–Kier alpha value is -1.88. The van der Waals surface area contributed by atoms with Crippen molar-refractivity contribution >= 4 is 5.78 Å². The maximum Gasteiger partial charge on any atom is 0.205 e. The summed E-state index contributed by atoms with van der Waals surface area (Å²) >= 11 is 0. The Kier molecular flexibility index (Phi) is 3.94. The fourth-order valence-electron chi connectivity index (χ4n) is 1.82. The molecule has 0 saturated heterocycles. The zero-order valence-corrected chi connectivity index (χ0v) is 10.4. The predicted octanol–water partition coefficient (Wildman–Crippen LogP) is 1.77. The van der Waals surface area contributed by atoms with Gasteiger partial charge in [-0.3, -0.25) is 4.79 Å². The van der Waals surface area contributed by atoms with Crippen LogP contribution in [0.25, 0.3) is 0 Å². The average Bonchev–Trinajstić information content (AvgIpc) is 2.99. The fraction of sp³-hybridized carbons (Fsp3) is 0.385. The Balaban J connectivity index is 2.08. The molecular weight excluding hydrogens is 230 g/mol. The maximum absolute atomic E-state index is 12.0. The van der Waals surface area contributed by atoms with Crippen LogP contribution in [0.5, 0.6) is 0 Å². The van der Waals surface area contributed by atoms with E-state index in [4.69, 9.17) is 10.2 Å². The van der Waals surface area contributed by atoms with Crippen LogP contribution in [0.3, 0.4) is 0 Å². The number of hydrogen-bond acceptors (Lipinski definition) is 4. The topological polar surface area (TPSA) is 74.0 Å². The van der Waals surface area contributed by atoms with Gasteiger partial charge >= 0.3 is 0 Å². The highest BCUT2D eigenvalue weighted by Gasteiger charge is 2.14. The van der Waals surface area contributed by atoms with Gasteiger partial charge in [-0.05, 0) is 18.6 Å². The molecular formula is C13H17N3O2. The van der Waals surface area contributed by atoms with Gasteiger partial charge in [-0.15, -0.1) is 0 Å². The highest BCUT2D eigenvalue weighted by atomic mass is 16.3. The van der Waals surface area contributed by atoms with Crippen molar-refractivity contribution < 1.29 is 9.21 Å². The number of carbonyl (C=O) groups excluding carboxylic acids is 1. The van der Waals surface area contributed by atoms with Crippen LogP contribution < -0.4 is 5.73 Å². The van der Waals surface area contributed by atoms with Crippen LogP contribution in [0.2, 0.25) is 0 Å². The molecule has 5 nitrogen and oxygen atoms in total. The van der Waals surface area contributed by atoms with Crippen molar-refractivity contribution in [3.05, 3.63) is 41.9 Å². The van der Waals surface area contributed by atoms with Crippen molar-refractivity contribution in [3.63, 3.8) is 0 Å². The SMILES string of the molecule is CCCn1ccnc1CC(=O)c1ccc(CN)o1. The molecule has 2 aromatic rings. The van der Waals surface area contributed by atoms with E-state index in [1.807, 2.05) is 10.8 Å². The highest BCUT2D eigenvalue weighted by molar-refractivity contribution is 5.94. The zero-order chi connectivity index (χ0) is 13.0. The molecule has 0 bridgehead atoms. The first-order valence-electron chi connectivity index (χ1n) is 6.06. The monoisotopic (exact) mass is 247 g/mol. The molecule has 0 radical (unpaired) electrons. The summed E-state index contributed by atoms with van der Waals surface area (Å²) in [6, 6.07) is 3.39. The van der Waals surface area contributed by atoms with Gasteiger partial charge in [0, 0.05) is 18.9 Å². The molecule has 0 aliphatic carbocycles. The molecule has 0 aliphatic rings. The van der Waals surface area contributed by atoms with E-state index in [9.17, 15) is 4.79 Å². The van der Waals surface area contributed by atoms with Gasteiger partial charge in [0.25, 0.3) is 0 Å². The predicted molar refractivity (Wildman–Crippen MR) is 67.2 cm³/mol. The third-order valence-corrected chi connectivity index (χ3v) is 2.72. The van der Waals surface area contributed by atoms with Crippen LogP contribution in [-0.2, 0) is 19.5 Å². The van der Waals surface area contributed by atoms with E-state index in [2.05, 4.69) is 11.9 Å². The Morgan fingerprint density at radius 3 is 3.00 bits per heavy atom. The number of furan rings is 1. The number of nitrogens with zero attached hydrogens (tertiary/aromatic N) is 2. The lowest BCUT2D eigenvalue weighted by atomic mass is 10.2. The minimum absolute atomic E-state index is 0.0711. The highest BCUT2D eigenvalue weighted by Crippen LogP contribution is 2.11. The summed E-state index contributed by atoms with van der Waals surface area (Å²) in [6.07, 6.45) is 4.87. The lowest BCUT2D eigenvalue weighted by Crippen LogP contribution is -2.09. The van der Waals surface area contributed by atoms with Crippen LogP contribution in [0, 0.1) is 0 Å². The Bertz CT molecular complexity index is 528. The van der Waals surface area contributed by atoms with Crippen LogP contribution in [0.15, 0.2) is 28.9 Å². The largest absolute Gasteiger partial charge is 0.457 e. The zero-order valence-electron chi connectivity index (χ0n) is 10.4. The number of imidazole rings is 1. The molecule has 96 valence electrons. The van der Waals surface area contributed by atoms with Crippen molar-refractivity contribution in [2.45, 2.75) is 32.9 Å². The van der Waals surface area contributed by atoms with E-state index in [0.29, 0.717) is 18.1 Å². The van der Waals surface area contributed by atoms with E-state index >= 15 is 0 Å². The van der Waals surface area contributed by atoms with Crippen molar-refractivity contribution in [3.8, 4) is 0 Å². The number of hydrogen-bond donors (Lipinski definition) is 1. The van der Waals surface area contributed by atoms with E-state index in [1.54, 1.807) is 18.3 Å². The average molecular weight is 247 g/mol. The molecule has 18 heavy (non-hydrogen) atoms. The first-order valence-corrected chi connectivity index (χ1v) is 6.06. The molecule has 0 aliphatic heterocycles. The van der Waals surface area contributed by atoms with Gasteiger partial charge in [-0.2, -0.15) is 0 Å². The third kappa shape index (κ3) is 2.68. The van der Waals surface area contributed by atoms with E-state index in [0.717, 1.165) is 18.8 Å². The maximum atomic E-state index is 12.0. The molecule has 0 aromatic carbocycles. The van der Waals surface area contributed by atoms with Crippen LogP contribution in [-0.4, -0.2) is 15.3 Å². The van der Waals surface area contributed by atoms with Gasteiger partial charge in [0.05, 0.1) is 13.0 Å². The Morgan fingerprint density at radius 1 is 1.50 bits per heavy atom. The first-order chi connectivity index (χ1) is 8.74. The molecule has 5 heteroatoms. The molecule has 0 saturated carbocycles. The molecule has 0 unspecified atom stereocenters. The van der Waals surface area contributed by atoms with Crippen LogP contribution >= 0.6 is 0 Å². The quantitative estimate of drug-likeness (QED) is 0.789. The lowest BCUT2D eigenvalue weighted by molar-refractivity contribution is 0.0961. The smallest absolute Gasteiger partial charge is 0.205 e. The van der Waals surface area contributed by atoms with E-state index in [-0.39, 0.29) is 12.2 Å². The summed E-state index contributed by atoms with van der Waals surface area (Å²) in [6.45, 7) is 3.26. The van der Waals surface area contributed by atoms with E-state index < -0.39 is 0 Å². The van der Waals surface area contributed by atoms with Gasteiger partial charge in [-0.1, -0.05) is 6.92 Å². The molecule has 0 amide bonds. The minimum atomic E-state index is -0.0711. The van der Waals surface area contributed by atoms with Gasteiger partial charge < -0.3 is 14.7 Å². The second kappa shape index (κ2) is 5.64. The minimum Gasteiger partial charge on any atom is -0.457 e. The van der Waals surface area contributed by atoms with Gasteiger partial charge in [-0.25, -0.2) is 4.98 Å². The molecule has 0 spiro atoms. The molecule has 2 aromatic heterocycles. The number of aryl methyl sites for hydroxylation is 1. The second-order valence-electron chi connectivity index (χ2n) is 4.11. The lowest BCUT2D eigenvalue weighted by Gasteiger charge is -2.04. The standard InChI is InChI=1S/C13H17N3O2/c1-2-6-16-7-5-15-13(16)8-11(17)12-4-3-10(9-14)18-12/h3-5,7H,2,6,8-9,14H2,1H3. The van der Waals surface area contributed by atoms with Gasteiger partial charge in [0.1, 0.15) is 11.6 Å². The summed E-state index contributed by atoms with van der Waals surface area (Å²) in [7, 11) is 0. The van der Waals surface area contributed by atoms with Crippen LogP contribution in [0.4, 0.5) is 0 Å². The summed E-state index contributed by atoms with van der Waals surface area (Å²) in [4.78, 5) is 16.2.